The van der Waals surface area contributed by atoms with Gasteiger partial charge in [0.2, 0.25) is 5.84 Å². The van der Waals surface area contributed by atoms with Crippen LogP contribution in [0, 0.1) is 0 Å². The van der Waals surface area contributed by atoms with Crippen molar-refractivity contribution in [3.05, 3.63) is 64.7 Å². The summed E-state index contributed by atoms with van der Waals surface area (Å²) >= 11 is 6.14. The third kappa shape index (κ3) is 4.12. The third-order valence-electron chi connectivity index (χ3n) is 4.04. The molecule has 1 N–H and O–H groups in total. The predicted octanol–water partition coefficient (Wildman–Crippen LogP) is 3.69. The van der Waals surface area contributed by atoms with Gasteiger partial charge in [-0.05, 0) is 36.6 Å². The highest BCUT2D eigenvalue weighted by atomic mass is 35.5. The zero-order valence-electron chi connectivity index (χ0n) is 14.0. The Labute approximate surface area is 152 Å². The van der Waals surface area contributed by atoms with Crippen molar-refractivity contribution < 1.29 is 9.53 Å². The first kappa shape index (κ1) is 17.3. The molecule has 0 unspecified atom stereocenters. The van der Waals surface area contributed by atoms with Crippen molar-refractivity contribution in [2.24, 2.45) is 5.10 Å². The normalized spacial score (nSPS) is 14.0. The van der Waals surface area contributed by atoms with E-state index in [1.807, 2.05) is 29.2 Å². The van der Waals surface area contributed by atoms with Crippen LogP contribution in [0.15, 0.2) is 53.6 Å². The van der Waals surface area contributed by atoms with E-state index < -0.39 is 5.97 Å². The number of para-hydroxylation sites is 1. The van der Waals surface area contributed by atoms with Crippen LogP contribution in [0.3, 0.4) is 0 Å². The highest BCUT2D eigenvalue weighted by Gasteiger charge is 2.25. The molecule has 0 saturated carbocycles. The number of hydrazone groups is 1. The zero-order chi connectivity index (χ0) is 17.6. The molecule has 0 amide bonds. The number of fused-ring (bicyclic) bond motifs is 1. The summed E-state index contributed by atoms with van der Waals surface area (Å²) in [6, 6.07) is 15.5. The van der Waals surface area contributed by atoms with Gasteiger partial charge in [0.15, 0.2) is 0 Å². The fraction of sp³-hybridized carbons (Fsp3) is 0.263. The molecule has 1 aliphatic heterocycles. The topological polar surface area (TPSA) is 53.9 Å². The van der Waals surface area contributed by atoms with E-state index in [2.05, 4.69) is 22.7 Å². The monoisotopic (exact) mass is 357 g/mol. The second kappa shape index (κ2) is 8.03. The summed E-state index contributed by atoms with van der Waals surface area (Å²) in [5, 5.41) is 4.84. The number of amidine groups is 1. The number of hydrogen-bond donors (Lipinski definition) is 1. The summed E-state index contributed by atoms with van der Waals surface area (Å²) in [6.45, 7) is 3.41. The van der Waals surface area contributed by atoms with Crippen molar-refractivity contribution in [3.63, 3.8) is 0 Å². The second-order valence-corrected chi connectivity index (χ2v) is 6.09. The molecule has 2 aromatic carbocycles. The summed E-state index contributed by atoms with van der Waals surface area (Å²) in [7, 11) is 0. The first-order valence-corrected chi connectivity index (χ1v) is 8.64. The second-order valence-electron chi connectivity index (χ2n) is 5.69. The average molecular weight is 358 g/mol. The Kier molecular flexibility index (Phi) is 5.56. The number of carbonyl (C=O) groups is 1. The molecule has 0 spiro atoms. The summed E-state index contributed by atoms with van der Waals surface area (Å²) < 4.78 is 5.18. The van der Waals surface area contributed by atoms with Gasteiger partial charge in [0.05, 0.1) is 17.3 Å². The SMILES string of the molecule is CCOC(=O)/C(=N\Nc1ccccc1Cl)N1CCc2ccccc2C1. The van der Waals surface area contributed by atoms with Gasteiger partial charge in [-0.3, -0.25) is 5.43 Å². The highest BCUT2D eigenvalue weighted by Crippen LogP contribution is 2.22. The molecule has 25 heavy (non-hydrogen) atoms. The largest absolute Gasteiger partial charge is 0.460 e. The Morgan fingerprint density at radius 2 is 1.92 bits per heavy atom. The van der Waals surface area contributed by atoms with Gasteiger partial charge in [0.1, 0.15) is 0 Å². The van der Waals surface area contributed by atoms with Crippen molar-refractivity contribution in [2.45, 2.75) is 19.9 Å². The smallest absolute Gasteiger partial charge is 0.376 e. The molecule has 5 nitrogen and oxygen atoms in total. The van der Waals surface area contributed by atoms with Crippen molar-refractivity contribution in [1.82, 2.24) is 4.90 Å². The molecule has 0 radical (unpaired) electrons. The van der Waals surface area contributed by atoms with Crippen LogP contribution in [0.5, 0.6) is 0 Å². The maximum absolute atomic E-state index is 12.4. The Morgan fingerprint density at radius 1 is 1.20 bits per heavy atom. The first-order chi connectivity index (χ1) is 12.2. The molecule has 0 saturated heterocycles. The first-order valence-electron chi connectivity index (χ1n) is 8.26. The van der Waals surface area contributed by atoms with Crippen molar-refractivity contribution in [3.8, 4) is 0 Å². The maximum Gasteiger partial charge on any atom is 0.376 e. The Hall–Kier alpha value is -2.53. The lowest BCUT2D eigenvalue weighted by molar-refractivity contribution is -0.136. The number of nitrogens with zero attached hydrogens (tertiary/aromatic N) is 2. The number of nitrogens with one attached hydrogen (secondary N) is 1. The van der Waals surface area contributed by atoms with Gasteiger partial charge in [-0.15, -0.1) is 5.10 Å². The van der Waals surface area contributed by atoms with Crippen LogP contribution in [-0.4, -0.2) is 29.9 Å². The van der Waals surface area contributed by atoms with Crippen molar-refractivity contribution in [1.29, 1.82) is 0 Å². The Bertz CT molecular complexity index is 792. The van der Waals surface area contributed by atoms with Crippen molar-refractivity contribution in [2.75, 3.05) is 18.6 Å². The van der Waals surface area contributed by atoms with E-state index >= 15 is 0 Å². The number of anilines is 1. The molecule has 0 atom stereocenters. The molecule has 0 fully saturated rings. The predicted molar refractivity (Wildman–Crippen MR) is 99.7 cm³/mol. The van der Waals surface area contributed by atoms with Crippen LogP contribution in [0.1, 0.15) is 18.1 Å². The lowest BCUT2D eigenvalue weighted by Gasteiger charge is -2.30. The molecule has 130 valence electrons. The number of ether oxygens (including phenoxy) is 1. The van der Waals surface area contributed by atoms with Gasteiger partial charge in [0.25, 0.3) is 0 Å². The number of halogens is 1. The third-order valence-corrected chi connectivity index (χ3v) is 4.37. The molecule has 0 bridgehead atoms. The highest BCUT2D eigenvalue weighted by molar-refractivity contribution is 6.35. The number of carbonyl (C=O) groups excluding carboxylic acids is 1. The summed E-state index contributed by atoms with van der Waals surface area (Å²) in [5.41, 5.74) is 6.03. The average Bonchev–Trinajstić information content (AvgIpc) is 2.63. The number of rotatable bonds is 3. The van der Waals surface area contributed by atoms with Crippen molar-refractivity contribution >= 4 is 29.1 Å². The Balaban J connectivity index is 1.84. The maximum atomic E-state index is 12.4. The van der Waals surface area contributed by atoms with Gasteiger partial charge in [-0.25, -0.2) is 4.79 Å². The van der Waals surface area contributed by atoms with Gasteiger partial charge in [-0.2, -0.15) is 0 Å². The number of benzene rings is 2. The number of esters is 1. The summed E-state index contributed by atoms with van der Waals surface area (Å²) in [6.07, 6.45) is 0.862. The van der Waals surface area contributed by atoms with Gasteiger partial charge in [-0.1, -0.05) is 48.0 Å². The minimum Gasteiger partial charge on any atom is -0.460 e. The quantitative estimate of drug-likeness (QED) is 0.394. The van der Waals surface area contributed by atoms with Crippen LogP contribution in [0.25, 0.3) is 0 Å². The molecule has 1 aliphatic rings. The van der Waals surface area contributed by atoms with E-state index in [9.17, 15) is 4.79 Å². The van der Waals surface area contributed by atoms with Gasteiger partial charge < -0.3 is 9.64 Å². The standard InChI is InChI=1S/C19H20ClN3O2/c1-2-25-19(24)18(22-21-17-10-6-5-9-16(17)20)23-12-11-14-7-3-4-8-15(14)13-23/h3-10,21H,2,11-13H2,1H3/b22-18+. The fourth-order valence-corrected chi connectivity index (χ4v) is 2.96. The molecule has 0 aliphatic carbocycles. The molecular weight excluding hydrogens is 338 g/mol. The minimum absolute atomic E-state index is 0.260. The Morgan fingerprint density at radius 3 is 2.68 bits per heavy atom. The van der Waals surface area contributed by atoms with Gasteiger partial charge >= 0.3 is 5.97 Å². The van der Waals surface area contributed by atoms with Gasteiger partial charge in [0, 0.05) is 13.1 Å². The molecule has 2 aromatic rings. The van der Waals surface area contributed by atoms with E-state index in [1.54, 1.807) is 19.1 Å². The van der Waals surface area contributed by atoms with E-state index in [1.165, 1.54) is 11.1 Å². The summed E-state index contributed by atoms with van der Waals surface area (Å²) in [5.74, 6) is -0.183. The van der Waals surface area contributed by atoms with Crippen LogP contribution in [-0.2, 0) is 22.5 Å². The zero-order valence-corrected chi connectivity index (χ0v) is 14.8. The van der Waals surface area contributed by atoms with E-state index in [0.29, 0.717) is 30.4 Å². The summed E-state index contributed by atoms with van der Waals surface area (Å²) in [4.78, 5) is 14.3. The van der Waals surface area contributed by atoms with E-state index in [4.69, 9.17) is 16.3 Å². The lowest BCUT2D eigenvalue weighted by atomic mass is 10.00. The van der Waals surface area contributed by atoms with Crippen LogP contribution in [0.4, 0.5) is 5.69 Å². The lowest BCUT2D eigenvalue weighted by Crippen LogP contribution is -2.41. The van der Waals surface area contributed by atoms with Crippen LogP contribution in [0.2, 0.25) is 5.02 Å². The molecule has 1 heterocycles. The molecule has 0 aromatic heterocycles. The fourth-order valence-electron chi connectivity index (χ4n) is 2.78. The van der Waals surface area contributed by atoms with Crippen LogP contribution < -0.4 is 5.43 Å². The van der Waals surface area contributed by atoms with E-state index in [0.717, 1.165) is 6.42 Å². The van der Waals surface area contributed by atoms with E-state index in [-0.39, 0.29) is 5.84 Å². The number of hydrogen-bond acceptors (Lipinski definition) is 4. The molecular formula is C19H20ClN3O2. The van der Waals surface area contributed by atoms with Crippen LogP contribution >= 0.6 is 11.6 Å². The molecule has 3 rings (SSSR count). The minimum atomic E-state index is -0.443. The molecule has 6 heteroatoms.